The quantitative estimate of drug-likeness (QED) is 0.867. The first kappa shape index (κ1) is 15.7. The van der Waals surface area contributed by atoms with Gasteiger partial charge in [0.25, 0.3) is 5.91 Å². The van der Waals surface area contributed by atoms with Crippen molar-refractivity contribution in [3.8, 4) is 0 Å². The Hall–Kier alpha value is -2.17. The highest BCUT2D eigenvalue weighted by atomic mass is 16.5. The monoisotopic (exact) mass is 315 g/mol. The first-order chi connectivity index (χ1) is 11.1. The molecule has 23 heavy (non-hydrogen) atoms. The highest BCUT2D eigenvalue weighted by molar-refractivity contribution is 5.93. The third-order valence-electron chi connectivity index (χ3n) is 4.78. The Morgan fingerprint density at radius 2 is 1.74 bits per heavy atom. The van der Waals surface area contributed by atoms with E-state index >= 15 is 0 Å². The number of fused-ring (bicyclic) bond motifs is 2. The maximum Gasteiger partial charge on any atom is 0.309 e. The van der Waals surface area contributed by atoms with Crippen molar-refractivity contribution in [1.82, 2.24) is 0 Å². The summed E-state index contributed by atoms with van der Waals surface area (Å²) in [6.07, 6.45) is 3.99. The SMILES string of the molecule is O=C(COC(=O)C1C[C@H]2CCC[C@H](C1)C2=O)Nc1ccccc1. The molecule has 0 spiro atoms. The van der Waals surface area contributed by atoms with Crippen LogP contribution in [0.3, 0.4) is 0 Å². The largest absolute Gasteiger partial charge is 0.455 e. The topological polar surface area (TPSA) is 72.5 Å². The molecule has 5 nitrogen and oxygen atoms in total. The van der Waals surface area contributed by atoms with E-state index in [2.05, 4.69) is 5.32 Å². The van der Waals surface area contributed by atoms with Gasteiger partial charge in [-0.2, -0.15) is 0 Å². The molecule has 0 radical (unpaired) electrons. The summed E-state index contributed by atoms with van der Waals surface area (Å²) in [5.74, 6) is -0.597. The molecule has 2 bridgehead atoms. The Kier molecular flexibility index (Phi) is 4.74. The molecule has 1 aromatic rings. The van der Waals surface area contributed by atoms with E-state index in [1.165, 1.54) is 0 Å². The van der Waals surface area contributed by atoms with Gasteiger partial charge < -0.3 is 10.1 Å². The number of amides is 1. The van der Waals surface area contributed by atoms with Crippen LogP contribution in [-0.2, 0) is 19.1 Å². The van der Waals surface area contributed by atoms with Crippen molar-refractivity contribution in [3.05, 3.63) is 30.3 Å². The second kappa shape index (κ2) is 6.94. The fourth-order valence-electron chi connectivity index (χ4n) is 3.65. The van der Waals surface area contributed by atoms with E-state index in [0.717, 1.165) is 19.3 Å². The summed E-state index contributed by atoms with van der Waals surface area (Å²) in [5.41, 5.74) is 0.673. The van der Waals surface area contributed by atoms with E-state index in [0.29, 0.717) is 24.3 Å². The number of hydrogen-bond acceptors (Lipinski definition) is 4. The van der Waals surface area contributed by atoms with Gasteiger partial charge in [0.1, 0.15) is 5.78 Å². The summed E-state index contributed by atoms with van der Waals surface area (Å²) in [6, 6.07) is 9.04. The number of anilines is 1. The summed E-state index contributed by atoms with van der Waals surface area (Å²) in [6.45, 7) is -0.284. The Bertz CT molecular complexity index is 582. The number of Topliss-reactive ketones (excluding diaryl/α,β-unsaturated/α-hetero) is 1. The summed E-state index contributed by atoms with van der Waals surface area (Å²) in [4.78, 5) is 36.0. The van der Waals surface area contributed by atoms with E-state index in [9.17, 15) is 14.4 Å². The molecule has 3 rings (SSSR count). The number of hydrogen-bond donors (Lipinski definition) is 1. The van der Waals surface area contributed by atoms with Crippen molar-refractivity contribution in [2.45, 2.75) is 32.1 Å². The normalized spacial score (nSPS) is 26.4. The number of benzene rings is 1. The van der Waals surface area contributed by atoms with E-state index in [1.807, 2.05) is 18.2 Å². The standard InChI is InChI=1S/C18H21NO4/c20-16(19-15-7-2-1-3-8-15)11-23-18(22)14-9-12-5-4-6-13(10-14)17(12)21/h1-3,7-8,12-14H,4-6,9-11H2,(H,19,20)/t12-,13-/m1/s1. The van der Waals surface area contributed by atoms with E-state index < -0.39 is 0 Å². The Morgan fingerprint density at radius 3 is 2.39 bits per heavy atom. The molecule has 2 atom stereocenters. The van der Waals surface area contributed by atoms with Crippen molar-refractivity contribution >= 4 is 23.3 Å². The molecule has 122 valence electrons. The number of carbonyl (C=O) groups is 3. The lowest BCUT2D eigenvalue weighted by molar-refractivity contribution is -0.155. The van der Waals surface area contributed by atoms with E-state index in [-0.39, 0.29) is 36.2 Å². The average Bonchev–Trinajstić information content (AvgIpc) is 2.53. The Balaban J connectivity index is 1.48. The van der Waals surface area contributed by atoms with Crippen LogP contribution in [0.1, 0.15) is 32.1 Å². The number of ether oxygens (including phenoxy) is 1. The minimum absolute atomic E-state index is 0.0122. The van der Waals surface area contributed by atoms with Crippen molar-refractivity contribution in [2.24, 2.45) is 17.8 Å². The summed E-state index contributed by atoms with van der Waals surface area (Å²) in [5, 5.41) is 2.68. The fourth-order valence-corrected chi connectivity index (χ4v) is 3.65. The second-order valence-corrected chi connectivity index (χ2v) is 6.42. The highest BCUT2D eigenvalue weighted by Crippen LogP contribution is 2.40. The van der Waals surface area contributed by atoms with Crippen LogP contribution in [0.4, 0.5) is 5.69 Å². The van der Waals surface area contributed by atoms with Gasteiger partial charge in [0.15, 0.2) is 6.61 Å². The molecule has 2 saturated carbocycles. The molecule has 0 aliphatic heterocycles. The van der Waals surface area contributed by atoms with Crippen LogP contribution < -0.4 is 5.32 Å². The zero-order valence-electron chi connectivity index (χ0n) is 13.0. The van der Waals surface area contributed by atoms with Gasteiger partial charge in [-0.25, -0.2) is 0 Å². The average molecular weight is 315 g/mol. The highest BCUT2D eigenvalue weighted by Gasteiger charge is 2.41. The molecule has 5 heteroatoms. The number of esters is 1. The maximum absolute atomic E-state index is 12.2. The van der Waals surface area contributed by atoms with Crippen molar-refractivity contribution in [2.75, 3.05) is 11.9 Å². The van der Waals surface area contributed by atoms with Gasteiger partial charge in [0.05, 0.1) is 5.92 Å². The third kappa shape index (κ3) is 3.78. The van der Waals surface area contributed by atoms with Gasteiger partial charge in [-0.1, -0.05) is 24.6 Å². The molecular formula is C18H21NO4. The molecule has 2 fully saturated rings. The molecule has 1 amide bonds. The van der Waals surface area contributed by atoms with Crippen LogP contribution in [0.15, 0.2) is 30.3 Å². The van der Waals surface area contributed by atoms with Crippen molar-refractivity contribution in [3.63, 3.8) is 0 Å². The van der Waals surface area contributed by atoms with Crippen LogP contribution in [0.5, 0.6) is 0 Å². The molecule has 0 saturated heterocycles. The minimum Gasteiger partial charge on any atom is -0.455 e. The number of carbonyl (C=O) groups excluding carboxylic acids is 3. The van der Waals surface area contributed by atoms with Gasteiger partial charge in [-0.15, -0.1) is 0 Å². The first-order valence-electron chi connectivity index (χ1n) is 8.18. The Morgan fingerprint density at radius 1 is 1.09 bits per heavy atom. The van der Waals surface area contributed by atoms with Crippen LogP contribution in [-0.4, -0.2) is 24.3 Å². The number of nitrogens with one attached hydrogen (secondary N) is 1. The molecule has 1 aromatic carbocycles. The van der Waals surface area contributed by atoms with Crippen LogP contribution in [0.25, 0.3) is 0 Å². The van der Waals surface area contributed by atoms with Gasteiger partial charge in [0, 0.05) is 17.5 Å². The number of rotatable bonds is 4. The molecule has 0 unspecified atom stereocenters. The van der Waals surface area contributed by atoms with E-state index in [4.69, 9.17) is 4.74 Å². The number of ketones is 1. The molecule has 1 N–H and O–H groups in total. The number of para-hydroxylation sites is 1. The van der Waals surface area contributed by atoms with Gasteiger partial charge in [-0.3, -0.25) is 14.4 Å². The fraction of sp³-hybridized carbons (Fsp3) is 0.500. The zero-order chi connectivity index (χ0) is 16.2. The van der Waals surface area contributed by atoms with Gasteiger partial charge >= 0.3 is 5.97 Å². The predicted molar refractivity (Wildman–Crippen MR) is 84.6 cm³/mol. The summed E-state index contributed by atoms with van der Waals surface area (Å²) >= 11 is 0. The second-order valence-electron chi connectivity index (χ2n) is 6.42. The lowest BCUT2D eigenvalue weighted by Crippen LogP contribution is -2.40. The van der Waals surface area contributed by atoms with Crippen molar-refractivity contribution in [1.29, 1.82) is 0 Å². The molecule has 0 heterocycles. The Labute approximate surface area is 135 Å². The van der Waals surface area contributed by atoms with E-state index in [1.54, 1.807) is 12.1 Å². The summed E-state index contributed by atoms with van der Waals surface area (Å²) < 4.78 is 5.15. The lowest BCUT2D eigenvalue weighted by Gasteiger charge is -2.36. The summed E-state index contributed by atoms with van der Waals surface area (Å²) in [7, 11) is 0. The molecular weight excluding hydrogens is 294 g/mol. The molecule has 2 aliphatic rings. The zero-order valence-corrected chi connectivity index (χ0v) is 13.0. The minimum atomic E-state index is -0.350. The van der Waals surface area contributed by atoms with Crippen LogP contribution >= 0.6 is 0 Å². The maximum atomic E-state index is 12.2. The first-order valence-corrected chi connectivity index (χ1v) is 8.18. The van der Waals surface area contributed by atoms with Gasteiger partial charge in [-0.05, 0) is 37.8 Å². The molecule has 0 aromatic heterocycles. The van der Waals surface area contributed by atoms with Crippen LogP contribution in [0, 0.1) is 17.8 Å². The predicted octanol–water partition coefficient (Wildman–Crippen LogP) is 2.56. The lowest BCUT2D eigenvalue weighted by atomic mass is 9.67. The van der Waals surface area contributed by atoms with Crippen molar-refractivity contribution < 1.29 is 19.1 Å². The smallest absolute Gasteiger partial charge is 0.309 e. The van der Waals surface area contributed by atoms with Crippen LogP contribution in [0.2, 0.25) is 0 Å². The molecule has 2 aliphatic carbocycles. The third-order valence-corrected chi connectivity index (χ3v) is 4.78. The van der Waals surface area contributed by atoms with Gasteiger partial charge in [0.2, 0.25) is 0 Å².